The summed E-state index contributed by atoms with van der Waals surface area (Å²) in [5.41, 5.74) is 0. The van der Waals surface area contributed by atoms with E-state index < -0.39 is 0 Å². The molecular formula is C7H15NO. The van der Waals surface area contributed by atoms with E-state index in [0.29, 0.717) is 0 Å². The van der Waals surface area contributed by atoms with Gasteiger partial charge in [-0.2, -0.15) is 0 Å². The third kappa shape index (κ3) is 2.04. The van der Waals surface area contributed by atoms with Gasteiger partial charge in [-0.25, -0.2) is 0 Å². The second-order valence-electron chi connectivity index (χ2n) is 2.21. The van der Waals surface area contributed by atoms with Gasteiger partial charge in [-0.1, -0.05) is 7.43 Å². The molecule has 0 N–H and O–H groups in total. The Labute approximate surface area is 56.9 Å². The van der Waals surface area contributed by atoms with E-state index in [4.69, 9.17) is 0 Å². The molecular weight excluding hydrogens is 114 g/mol. The van der Waals surface area contributed by atoms with Gasteiger partial charge in [-0.3, -0.25) is 4.79 Å². The Balaban J connectivity index is 0.000000640. The molecule has 1 aliphatic rings. The van der Waals surface area contributed by atoms with E-state index in [1.807, 2.05) is 4.90 Å². The highest BCUT2D eigenvalue weighted by atomic mass is 16.2. The van der Waals surface area contributed by atoms with Crippen molar-refractivity contribution in [3.63, 3.8) is 0 Å². The van der Waals surface area contributed by atoms with Gasteiger partial charge in [0.1, 0.15) is 0 Å². The van der Waals surface area contributed by atoms with Gasteiger partial charge >= 0.3 is 0 Å². The third-order valence-corrected chi connectivity index (χ3v) is 1.55. The summed E-state index contributed by atoms with van der Waals surface area (Å²) >= 11 is 0. The summed E-state index contributed by atoms with van der Waals surface area (Å²) in [4.78, 5) is 12.5. The van der Waals surface area contributed by atoms with Crippen LogP contribution in [0.2, 0.25) is 0 Å². The molecule has 54 valence electrons. The predicted molar refractivity (Wildman–Crippen MR) is 38.2 cm³/mol. The molecule has 0 atom stereocenters. The molecule has 2 heteroatoms. The lowest BCUT2D eigenvalue weighted by Gasteiger charge is -2.10. The van der Waals surface area contributed by atoms with Crippen LogP contribution >= 0.6 is 0 Å². The number of hydrogen-bond acceptors (Lipinski definition) is 1. The van der Waals surface area contributed by atoms with Gasteiger partial charge in [-0.15, -0.1) is 0 Å². The number of nitrogens with zero attached hydrogens (tertiary/aromatic N) is 1. The fraction of sp³-hybridized carbons (Fsp3) is 0.857. The van der Waals surface area contributed by atoms with E-state index in [9.17, 15) is 4.79 Å². The molecule has 0 aromatic carbocycles. The Morgan fingerprint density at radius 2 is 1.78 bits per heavy atom. The topological polar surface area (TPSA) is 20.3 Å². The number of hydrogen-bond donors (Lipinski definition) is 0. The van der Waals surface area contributed by atoms with Crippen molar-refractivity contribution in [3.8, 4) is 0 Å². The Hall–Kier alpha value is -0.530. The lowest BCUT2D eigenvalue weighted by molar-refractivity contribution is -0.127. The van der Waals surface area contributed by atoms with Crippen molar-refractivity contribution >= 4 is 5.91 Å². The van der Waals surface area contributed by atoms with Crippen LogP contribution in [0.25, 0.3) is 0 Å². The van der Waals surface area contributed by atoms with Crippen LogP contribution in [-0.2, 0) is 4.79 Å². The van der Waals surface area contributed by atoms with E-state index in [0.717, 1.165) is 13.1 Å². The molecule has 1 fully saturated rings. The van der Waals surface area contributed by atoms with Crippen LogP contribution in [0.5, 0.6) is 0 Å². The molecule has 0 saturated carbocycles. The summed E-state index contributed by atoms with van der Waals surface area (Å²) in [6.45, 7) is 3.59. The maximum atomic E-state index is 10.6. The molecule has 0 unspecified atom stereocenters. The first kappa shape index (κ1) is 8.47. The van der Waals surface area contributed by atoms with Gasteiger partial charge in [0.2, 0.25) is 5.91 Å². The first-order valence-electron chi connectivity index (χ1n) is 3.06. The number of rotatable bonds is 0. The molecule has 9 heavy (non-hydrogen) atoms. The molecule has 0 radical (unpaired) electrons. The maximum absolute atomic E-state index is 10.6. The van der Waals surface area contributed by atoms with E-state index in [1.54, 1.807) is 6.92 Å². The molecule has 1 amide bonds. The van der Waals surface area contributed by atoms with Crippen LogP contribution in [0.3, 0.4) is 0 Å². The Kier molecular flexibility index (Phi) is 3.28. The fourth-order valence-electron chi connectivity index (χ4n) is 1.03. The van der Waals surface area contributed by atoms with E-state index in [-0.39, 0.29) is 13.3 Å². The average Bonchev–Trinajstić information content (AvgIpc) is 2.12. The Morgan fingerprint density at radius 3 is 2.00 bits per heavy atom. The number of amides is 1. The van der Waals surface area contributed by atoms with Gasteiger partial charge in [0.05, 0.1) is 0 Å². The SMILES string of the molecule is C.CC(=O)N1CCCC1. The predicted octanol–water partition coefficient (Wildman–Crippen LogP) is 1.26. The lowest BCUT2D eigenvalue weighted by atomic mass is 10.4. The number of carbonyl (C=O) groups is 1. The smallest absolute Gasteiger partial charge is 0.219 e. The van der Waals surface area contributed by atoms with Crippen LogP contribution in [0.4, 0.5) is 0 Å². The molecule has 1 heterocycles. The molecule has 2 nitrogen and oxygen atoms in total. The second kappa shape index (κ2) is 3.49. The van der Waals surface area contributed by atoms with E-state index in [2.05, 4.69) is 0 Å². The number of carbonyl (C=O) groups excluding carboxylic acids is 1. The summed E-state index contributed by atoms with van der Waals surface area (Å²) in [7, 11) is 0. The van der Waals surface area contributed by atoms with Gasteiger partial charge in [-0.05, 0) is 12.8 Å². The van der Waals surface area contributed by atoms with Crippen LogP contribution in [0, 0.1) is 0 Å². The van der Waals surface area contributed by atoms with E-state index in [1.165, 1.54) is 12.8 Å². The zero-order valence-corrected chi connectivity index (χ0v) is 5.18. The molecule has 1 aliphatic heterocycles. The summed E-state index contributed by atoms with van der Waals surface area (Å²) < 4.78 is 0. The Bertz CT molecular complexity index is 95.1. The molecule has 0 aliphatic carbocycles. The molecule has 0 aromatic heterocycles. The largest absolute Gasteiger partial charge is 0.343 e. The first-order chi connectivity index (χ1) is 3.80. The fourth-order valence-corrected chi connectivity index (χ4v) is 1.03. The maximum Gasteiger partial charge on any atom is 0.219 e. The summed E-state index contributed by atoms with van der Waals surface area (Å²) in [6.07, 6.45) is 2.39. The van der Waals surface area contributed by atoms with Crippen LogP contribution < -0.4 is 0 Å². The van der Waals surface area contributed by atoms with Crippen LogP contribution in [-0.4, -0.2) is 23.9 Å². The third-order valence-electron chi connectivity index (χ3n) is 1.55. The van der Waals surface area contributed by atoms with Gasteiger partial charge < -0.3 is 4.90 Å². The van der Waals surface area contributed by atoms with E-state index >= 15 is 0 Å². The monoisotopic (exact) mass is 129 g/mol. The van der Waals surface area contributed by atoms with Crippen molar-refractivity contribution in [2.24, 2.45) is 0 Å². The lowest BCUT2D eigenvalue weighted by Crippen LogP contribution is -2.24. The molecule has 1 saturated heterocycles. The molecule has 0 aromatic rings. The minimum atomic E-state index is 0. The zero-order valence-electron chi connectivity index (χ0n) is 5.18. The summed E-state index contributed by atoms with van der Waals surface area (Å²) in [5.74, 6) is 0.225. The van der Waals surface area contributed by atoms with Crippen molar-refractivity contribution in [1.82, 2.24) is 4.90 Å². The second-order valence-corrected chi connectivity index (χ2v) is 2.21. The minimum Gasteiger partial charge on any atom is -0.343 e. The molecule has 1 rings (SSSR count). The van der Waals surface area contributed by atoms with Crippen LogP contribution in [0.1, 0.15) is 27.2 Å². The summed E-state index contributed by atoms with van der Waals surface area (Å²) in [5, 5.41) is 0. The van der Waals surface area contributed by atoms with Crippen molar-refractivity contribution in [1.29, 1.82) is 0 Å². The van der Waals surface area contributed by atoms with Crippen molar-refractivity contribution < 1.29 is 4.79 Å². The van der Waals surface area contributed by atoms with Gasteiger partial charge in [0.25, 0.3) is 0 Å². The standard InChI is InChI=1S/C6H11NO.CH4/c1-6(8)7-4-2-3-5-7;/h2-5H2,1H3;1H4. The first-order valence-corrected chi connectivity index (χ1v) is 3.06. The minimum absolute atomic E-state index is 0. The Morgan fingerprint density at radius 1 is 1.33 bits per heavy atom. The van der Waals surface area contributed by atoms with Crippen molar-refractivity contribution in [2.45, 2.75) is 27.2 Å². The van der Waals surface area contributed by atoms with Gasteiger partial charge in [0.15, 0.2) is 0 Å². The zero-order chi connectivity index (χ0) is 5.98. The van der Waals surface area contributed by atoms with Crippen molar-refractivity contribution in [2.75, 3.05) is 13.1 Å². The highest BCUT2D eigenvalue weighted by molar-refractivity contribution is 5.73. The van der Waals surface area contributed by atoms with Gasteiger partial charge in [0, 0.05) is 20.0 Å². The highest BCUT2D eigenvalue weighted by Gasteiger charge is 2.12. The van der Waals surface area contributed by atoms with Crippen LogP contribution in [0.15, 0.2) is 0 Å². The number of likely N-dealkylation sites (tertiary alicyclic amines) is 1. The molecule has 0 bridgehead atoms. The highest BCUT2D eigenvalue weighted by Crippen LogP contribution is 2.05. The summed E-state index contributed by atoms with van der Waals surface area (Å²) in [6, 6.07) is 0. The average molecular weight is 129 g/mol. The van der Waals surface area contributed by atoms with Crippen molar-refractivity contribution in [3.05, 3.63) is 0 Å². The normalized spacial score (nSPS) is 17.2. The molecule has 0 spiro atoms. The quantitative estimate of drug-likeness (QED) is 0.482.